The van der Waals surface area contributed by atoms with Crippen molar-refractivity contribution in [1.82, 2.24) is 10.6 Å². The van der Waals surface area contributed by atoms with Crippen LogP contribution < -0.4 is 10.6 Å². The number of amides is 1. The highest BCUT2D eigenvalue weighted by Gasteiger charge is 2.21. The number of carbonyl (C=O) groups is 1. The van der Waals surface area contributed by atoms with Gasteiger partial charge in [-0.1, -0.05) is 48.5 Å². The van der Waals surface area contributed by atoms with E-state index in [1.54, 1.807) is 11.8 Å². The second kappa shape index (κ2) is 11.1. The Hall–Kier alpha value is -1.49. The third-order valence-corrected chi connectivity index (χ3v) is 4.51. The highest BCUT2D eigenvalue weighted by atomic mass is 35.5. The normalized spacial score (nSPS) is 11.3. The Labute approximate surface area is 148 Å². The molecule has 0 aliphatic heterocycles. The van der Waals surface area contributed by atoms with Gasteiger partial charge < -0.3 is 10.6 Å². The standard InChI is InChI=1S/C18H22N2OS.ClH/c1-19-13-8-14-20-18(21)17(15-9-4-2-5-10-15)22-16-11-6-3-7-12-16;/h2-7,9-12,17,19H,8,13-14H2,1H3,(H,20,21);1H. The molecule has 1 atom stereocenters. The molecule has 23 heavy (non-hydrogen) atoms. The summed E-state index contributed by atoms with van der Waals surface area (Å²) in [5.74, 6) is 0.0659. The van der Waals surface area contributed by atoms with E-state index in [1.807, 2.05) is 67.7 Å². The van der Waals surface area contributed by atoms with Crippen molar-refractivity contribution in [3.63, 3.8) is 0 Å². The van der Waals surface area contributed by atoms with Crippen molar-refractivity contribution in [1.29, 1.82) is 0 Å². The highest BCUT2D eigenvalue weighted by molar-refractivity contribution is 8.00. The zero-order valence-corrected chi connectivity index (χ0v) is 14.8. The molecular formula is C18H23ClN2OS. The second-order valence-electron chi connectivity index (χ2n) is 4.97. The number of rotatable bonds is 8. The van der Waals surface area contributed by atoms with Crippen LogP contribution in [0.4, 0.5) is 0 Å². The zero-order valence-electron chi connectivity index (χ0n) is 13.2. The zero-order chi connectivity index (χ0) is 15.6. The average Bonchev–Trinajstić information content (AvgIpc) is 2.58. The van der Waals surface area contributed by atoms with E-state index in [-0.39, 0.29) is 23.6 Å². The van der Waals surface area contributed by atoms with E-state index in [9.17, 15) is 4.79 Å². The summed E-state index contributed by atoms with van der Waals surface area (Å²) in [6.07, 6.45) is 0.930. The van der Waals surface area contributed by atoms with Crippen LogP contribution in [-0.2, 0) is 4.79 Å². The van der Waals surface area contributed by atoms with Crippen molar-refractivity contribution in [2.45, 2.75) is 16.6 Å². The molecule has 0 heterocycles. The minimum absolute atomic E-state index is 0. The van der Waals surface area contributed by atoms with Gasteiger partial charge in [0.2, 0.25) is 5.91 Å². The first kappa shape index (κ1) is 19.6. The molecule has 1 amide bonds. The van der Waals surface area contributed by atoms with Gasteiger partial charge in [0, 0.05) is 11.4 Å². The fourth-order valence-electron chi connectivity index (χ4n) is 2.11. The van der Waals surface area contributed by atoms with Crippen molar-refractivity contribution in [3.05, 3.63) is 66.2 Å². The number of hydrogen-bond acceptors (Lipinski definition) is 3. The molecule has 5 heteroatoms. The number of nitrogens with one attached hydrogen (secondary N) is 2. The van der Waals surface area contributed by atoms with E-state index >= 15 is 0 Å². The monoisotopic (exact) mass is 350 g/mol. The molecule has 2 rings (SSSR count). The first-order valence-electron chi connectivity index (χ1n) is 7.50. The lowest BCUT2D eigenvalue weighted by Crippen LogP contribution is -2.30. The van der Waals surface area contributed by atoms with E-state index < -0.39 is 0 Å². The lowest BCUT2D eigenvalue weighted by Gasteiger charge is -2.17. The van der Waals surface area contributed by atoms with Gasteiger partial charge in [-0.2, -0.15) is 0 Å². The molecule has 2 N–H and O–H groups in total. The Morgan fingerprint density at radius 3 is 2.22 bits per heavy atom. The molecule has 0 spiro atoms. The van der Waals surface area contributed by atoms with Crippen LogP contribution in [0.3, 0.4) is 0 Å². The van der Waals surface area contributed by atoms with Crippen molar-refractivity contribution in [3.8, 4) is 0 Å². The largest absolute Gasteiger partial charge is 0.355 e. The van der Waals surface area contributed by atoms with Gasteiger partial charge in [-0.15, -0.1) is 24.2 Å². The summed E-state index contributed by atoms with van der Waals surface area (Å²) in [5.41, 5.74) is 1.03. The van der Waals surface area contributed by atoms with Crippen LogP contribution in [-0.4, -0.2) is 26.0 Å². The molecule has 0 aliphatic carbocycles. The van der Waals surface area contributed by atoms with Crippen LogP contribution in [0.2, 0.25) is 0 Å². The van der Waals surface area contributed by atoms with Gasteiger partial charge in [0.15, 0.2) is 0 Å². The summed E-state index contributed by atoms with van der Waals surface area (Å²) in [6.45, 7) is 1.60. The molecule has 0 radical (unpaired) electrons. The van der Waals surface area contributed by atoms with Crippen LogP contribution in [0.5, 0.6) is 0 Å². The molecule has 2 aromatic carbocycles. The third kappa shape index (κ3) is 6.65. The van der Waals surface area contributed by atoms with E-state index in [2.05, 4.69) is 10.6 Å². The maximum Gasteiger partial charge on any atom is 0.237 e. The van der Waals surface area contributed by atoms with Gasteiger partial charge in [-0.05, 0) is 37.7 Å². The fraction of sp³-hybridized carbons (Fsp3) is 0.278. The van der Waals surface area contributed by atoms with E-state index in [0.717, 1.165) is 23.4 Å². The minimum atomic E-state index is -0.224. The first-order chi connectivity index (χ1) is 10.8. The molecule has 0 aliphatic rings. The quantitative estimate of drug-likeness (QED) is 0.564. The molecule has 124 valence electrons. The van der Waals surface area contributed by atoms with E-state index in [0.29, 0.717) is 6.54 Å². The Morgan fingerprint density at radius 1 is 1.00 bits per heavy atom. The molecule has 1 unspecified atom stereocenters. The maximum absolute atomic E-state index is 12.6. The van der Waals surface area contributed by atoms with Gasteiger partial charge >= 0.3 is 0 Å². The molecule has 3 nitrogen and oxygen atoms in total. The van der Waals surface area contributed by atoms with Crippen molar-refractivity contribution >= 4 is 30.1 Å². The maximum atomic E-state index is 12.6. The van der Waals surface area contributed by atoms with Crippen molar-refractivity contribution in [2.75, 3.05) is 20.1 Å². The van der Waals surface area contributed by atoms with Crippen molar-refractivity contribution in [2.24, 2.45) is 0 Å². The molecule has 0 fully saturated rings. The van der Waals surface area contributed by atoms with Gasteiger partial charge in [0.1, 0.15) is 5.25 Å². The predicted molar refractivity (Wildman–Crippen MR) is 100 cm³/mol. The Bertz CT molecular complexity index is 566. The number of carbonyl (C=O) groups excluding carboxylic acids is 1. The summed E-state index contributed by atoms with van der Waals surface area (Å²) in [5, 5.41) is 5.90. The van der Waals surface area contributed by atoms with Gasteiger partial charge in [-0.25, -0.2) is 0 Å². The topological polar surface area (TPSA) is 41.1 Å². The van der Waals surface area contributed by atoms with Gasteiger partial charge in [0.05, 0.1) is 0 Å². The van der Waals surface area contributed by atoms with Crippen LogP contribution >= 0.6 is 24.2 Å². The average molecular weight is 351 g/mol. The highest BCUT2D eigenvalue weighted by Crippen LogP contribution is 2.35. The number of benzene rings is 2. The fourth-order valence-corrected chi connectivity index (χ4v) is 3.18. The predicted octanol–water partition coefficient (Wildman–Crippen LogP) is 3.67. The van der Waals surface area contributed by atoms with Gasteiger partial charge in [-0.3, -0.25) is 4.79 Å². The Balaban J connectivity index is 0.00000264. The molecule has 2 aromatic rings. The summed E-state index contributed by atoms with van der Waals surface area (Å²) in [7, 11) is 1.92. The number of halogens is 1. The third-order valence-electron chi connectivity index (χ3n) is 3.24. The molecule has 0 bridgehead atoms. The number of hydrogen-bond donors (Lipinski definition) is 2. The summed E-state index contributed by atoms with van der Waals surface area (Å²) < 4.78 is 0. The number of thioether (sulfide) groups is 1. The lowest BCUT2D eigenvalue weighted by atomic mass is 10.1. The van der Waals surface area contributed by atoms with Crippen LogP contribution in [0.25, 0.3) is 0 Å². The van der Waals surface area contributed by atoms with E-state index in [1.165, 1.54) is 0 Å². The molecular weight excluding hydrogens is 328 g/mol. The van der Waals surface area contributed by atoms with Gasteiger partial charge in [0.25, 0.3) is 0 Å². The second-order valence-corrected chi connectivity index (χ2v) is 6.15. The molecule has 0 saturated carbocycles. The Morgan fingerprint density at radius 2 is 1.61 bits per heavy atom. The van der Waals surface area contributed by atoms with E-state index in [4.69, 9.17) is 0 Å². The molecule has 0 aromatic heterocycles. The first-order valence-corrected chi connectivity index (χ1v) is 8.38. The molecule has 0 saturated heterocycles. The van der Waals surface area contributed by atoms with Crippen molar-refractivity contribution < 1.29 is 4.79 Å². The summed E-state index contributed by atoms with van der Waals surface area (Å²) in [4.78, 5) is 13.7. The smallest absolute Gasteiger partial charge is 0.237 e. The summed E-state index contributed by atoms with van der Waals surface area (Å²) in [6, 6.07) is 20.0. The summed E-state index contributed by atoms with van der Waals surface area (Å²) >= 11 is 1.59. The van der Waals surface area contributed by atoms with Crippen LogP contribution in [0, 0.1) is 0 Å². The SMILES string of the molecule is CNCCCNC(=O)C(Sc1ccccc1)c1ccccc1.Cl. The minimum Gasteiger partial charge on any atom is -0.355 e. The van der Waals surface area contributed by atoms with Crippen LogP contribution in [0.15, 0.2) is 65.6 Å². The Kier molecular flexibility index (Phi) is 9.45. The van der Waals surface area contributed by atoms with Crippen LogP contribution in [0.1, 0.15) is 17.2 Å². The lowest BCUT2D eigenvalue weighted by molar-refractivity contribution is -0.120.